The molecule has 1 saturated carbocycles. The van der Waals surface area contributed by atoms with E-state index in [0.717, 1.165) is 37.1 Å². The van der Waals surface area contributed by atoms with Crippen molar-refractivity contribution >= 4 is 30.3 Å². The molecule has 0 aromatic heterocycles. The van der Waals surface area contributed by atoms with Gasteiger partial charge in [-0.05, 0) is 31.7 Å². The summed E-state index contributed by atoms with van der Waals surface area (Å²) in [6.07, 6.45) is 4.64. The first kappa shape index (κ1) is 20.7. The van der Waals surface area contributed by atoms with Gasteiger partial charge in [-0.2, -0.15) is 0 Å². The number of hydrogen-bond donors (Lipinski definition) is 3. The topological polar surface area (TPSA) is 90.5 Å². The van der Waals surface area contributed by atoms with Crippen LogP contribution in [0.15, 0.2) is 0 Å². The van der Waals surface area contributed by atoms with E-state index in [0.29, 0.717) is 19.5 Å². The van der Waals surface area contributed by atoms with E-state index in [1.165, 1.54) is 0 Å². The highest BCUT2D eigenvalue weighted by atomic mass is 35.5. The molecular weight excluding hydrogens is 332 g/mol. The normalized spacial score (nSPS) is 26.2. The zero-order chi connectivity index (χ0) is 16.9. The Morgan fingerprint density at radius 1 is 1.29 bits per heavy atom. The van der Waals surface area contributed by atoms with Gasteiger partial charge in [-0.3, -0.25) is 14.5 Å². The summed E-state index contributed by atoms with van der Waals surface area (Å²) in [6.45, 7) is 5.95. The maximum Gasteiger partial charge on any atom is 0.325 e. The largest absolute Gasteiger partial charge is 0.353 e. The number of imide groups is 1. The number of amides is 4. The first-order chi connectivity index (χ1) is 11.0. The van der Waals surface area contributed by atoms with Gasteiger partial charge in [0, 0.05) is 13.1 Å². The second kappa shape index (κ2) is 9.22. The average molecular weight is 361 g/mol. The molecule has 0 aromatic carbocycles. The molecule has 3 N–H and O–H groups in total. The molecule has 1 spiro atoms. The molecule has 2 unspecified atom stereocenters. The van der Waals surface area contributed by atoms with E-state index < -0.39 is 11.6 Å². The third-order valence-electron chi connectivity index (χ3n) is 4.85. The maximum atomic E-state index is 12.7. The molecule has 8 heteroatoms. The summed E-state index contributed by atoms with van der Waals surface area (Å²) < 4.78 is 0. The summed E-state index contributed by atoms with van der Waals surface area (Å²) in [6, 6.07) is -0.442. The van der Waals surface area contributed by atoms with Crippen molar-refractivity contribution in [2.24, 2.45) is 5.92 Å². The number of carbonyl (C=O) groups excluding carboxylic acids is 3. The number of hydrogen-bond acceptors (Lipinski definition) is 4. The highest BCUT2D eigenvalue weighted by Crippen LogP contribution is 2.37. The summed E-state index contributed by atoms with van der Waals surface area (Å²) in [5.74, 6) is -0.430. The van der Waals surface area contributed by atoms with Gasteiger partial charge in [0.1, 0.15) is 12.1 Å². The van der Waals surface area contributed by atoms with Gasteiger partial charge in [0.25, 0.3) is 5.91 Å². The number of nitrogens with one attached hydrogen (secondary N) is 3. The van der Waals surface area contributed by atoms with Crippen LogP contribution in [0.3, 0.4) is 0 Å². The maximum absolute atomic E-state index is 12.7. The van der Waals surface area contributed by atoms with Crippen molar-refractivity contribution in [3.05, 3.63) is 0 Å². The lowest BCUT2D eigenvalue weighted by atomic mass is 9.73. The van der Waals surface area contributed by atoms with E-state index in [1.807, 2.05) is 6.92 Å². The highest BCUT2D eigenvalue weighted by molar-refractivity contribution is 6.09. The summed E-state index contributed by atoms with van der Waals surface area (Å²) >= 11 is 0. The Labute approximate surface area is 149 Å². The first-order valence-corrected chi connectivity index (χ1v) is 8.62. The third kappa shape index (κ3) is 4.39. The molecule has 0 aromatic rings. The number of rotatable bonds is 7. The van der Waals surface area contributed by atoms with Crippen molar-refractivity contribution < 1.29 is 14.4 Å². The zero-order valence-electron chi connectivity index (χ0n) is 14.5. The molecule has 24 heavy (non-hydrogen) atoms. The molecule has 2 fully saturated rings. The lowest BCUT2D eigenvalue weighted by molar-refractivity contribution is -0.137. The Balaban J connectivity index is 0.00000288. The molecule has 2 atom stereocenters. The second-order valence-corrected chi connectivity index (χ2v) is 6.54. The lowest BCUT2D eigenvalue weighted by Crippen LogP contribution is -2.54. The van der Waals surface area contributed by atoms with E-state index in [9.17, 15) is 14.4 Å². The monoisotopic (exact) mass is 360 g/mol. The van der Waals surface area contributed by atoms with E-state index in [2.05, 4.69) is 22.9 Å². The molecule has 2 aliphatic rings. The zero-order valence-corrected chi connectivity index (χ0v) is 15.3. The smallest absolute Gasteiger partial charge is 0.325 e. The third-order valence-corrected chi connectivity index (χ3v) is 4.85. The summed E-state index contributed by atoms with van der Waals surface area (Å²) in [5.41, 5.74) is -0.793. The van der Waals surface area contributed by atoms with Crippen LogP contribution in [0.4, 0.5) is 4.79 Å². The summed E-state index contributed by atoms with van der Waals surface area (Å²) in [4.78, 5) is 37.9. The van der Waals surface area contributed by atoms with E-state index in [-0.39, 0.29) is 36.7 Å². The van der Waals surface area contributed by atoms with Gasteiger partial charge in [-0.15, -0.1) is 12.4 Å². The Bertz CT molecular complexity index is 474. The molecule has 4 amide bonds. The van der Waals surface area contributed by atoms with Crippen molar-refractivity contribution in [2.75, 3.05) is 26.2 Å². The molecule has 1 saturated heterocycles. The highest BCUT2D eigenvalue weighted by Gasteiger charge is 2.55. The Morgan fingerprint density at radius 2 is 2.04 bits per heavy atom. The van der Waals surface area contributed by atoms with Gasteiger partial charge in [-0.1, -0.05) is 26.7 Å². The van der Waals surface area contributed by atoms with Crippen LogP contribution in [-0.4, -0.2) is 54.5 Å². The molecule has 0 radical (unpaired) electrons. The molecular formula is C16H29ClN4O3. The fourth-order valence-electron chi connectivity index (χ4n) is 3.43. The molecule has 1 aliphatic carbocycles. The van der Waals surface area contributed by atoms with Crippen molar-refractivity contribution in [1.29, 1.82) is 0 Å². The first-order valence-electron chi connectivity index (χ1n) is 8.62. The van der Waals surface area contributed by atoms with Gasteiger partial charge in [-0.25, -0.2) is 4.79 Å². The van der Waals surface area contributed by atoms with Crippen molar-refractivity contribution in [2.45, 2.75) is 51.5 Å². The fraction of sp³-hybridized carbons (Fsp3) is 0.812. The fourth-order valence-corrected chi connectivity index (χ4v) is 3.43. The average Bonchev–Trinajstić information content (AvgIpc) is 2.75. The molecule has 7 nitrogen and oxygen atoms in total. The number of urea groups is 1. The number of carbonyl (C=O) groups is 3. The standard InChI is InChI=1S/C16H28N4O3.ClH/c1-3-8-17-9-10-18-13(21)11-20-14(22)16(19-15(20)23)7-5-4-6-12(16)2;/h12,17H,3-11H2,1-2H3,(H,18,21)(H,19,23);1H. The van der Waals surface area contributed by atoms with Crippen LogP contribution in [0.5, 0.6) is 0 Å². The SMILES string of the molecule is CCCNCCNC(=O)CN1C(=O)NC2(CCCCC2C)C1=O.Cl. The van der Waals surface area contributed by atoms with Crippen LogP contribution in [0.1, 0.15) is 46.0 Å². The van der Waals surface area contributed by atoms with Crippen LogP contribution in [0, 0.1) is 5.92 Å². The van der Waals surface area contributed by atoms with Gasteiger partial charge in [0.15, 0.2) is 0 Å². The van der Waals surface area contributed by atoms with E-state index in [4.69, 9.17) is 0 Å². The molecule has 0 bridgehead atoms. The predicted molar refractivity (Wildman–Crippen MR) is 94.0 cm³/mol. The second-order valence-electron chi connectivity index (χ2n) is 6.54. The lowest BCUT2D eigenvalue weighted by Gasteiger charge is -2.36. The van der Waals surface area contributed by atoms with Gasteiger partial charge in [0.2, 0.25) is 5.91 Å². The summed E-state index contributed by atoms with van der Waals surface area (Å²) in [5, 5.41) is 8.77. The van der Waals surface area contributed by atoms with Crippen LogP contribution < -0.4 is 16.0 Å². The van der Waals surface area contributed by atoms with E-state index in [1.54, 1.807) is 0 Å². The predicted octanol–water partition coefficient (Wildman–Crippen LogP) is 1.02. The van der Waals surface area contributed by atoms with Crippen LogP contribution in [0.25, 0.3) is 0 Å². The van der Waals surface area contributed by atoms with Crippen molar-refractivity contribution in [1.82, 2.24) is 20.9 Å². The molecule has 1 heterocycles. The Hall–Kier alpha value is -1.34. The molecule has 2 rings (SSSR count). The van der Waals surface area contributed by atoms with Gasteiger partial charge >= 0.3 is 6.03 Å². The molecule has 1 aliphatic heterocycles. The summed E-state index contributed by atoms with van der Waals surface area (Å²) in [7, 11) is 0. The minimum Gasteiger partial charge on any atom is -0.353 e. The van der Waals surface area contributed by atoms with Crippen LogP contribution >= 0.6 is 12.4 Å². The minimum atomic E-state index is -0.793. The number of halogens is 1. The van der Waals surface area contributed by atoms with Crippen LogP contribution in [-0.2, 0) is 9.59 Å². The minimum absolute atomic E-state index is 0. The van der Waals surface area contributed by atoms with Crippen molar-refractivity contribution in [3.8, 4) is 0 Å². The number of nitrogens with zero attached hydrogens (tertiary/aromatic N) is 1. The van der Waals surface area contributed by atoms with E-state index >= 15 is 0 Å². The molecule has 138 valence electrons. The van der Waals surface area contributed by atoms with Gasteiger partial charge < -0.3 is 16.0 Å². The van der Waals surface area contributed by atoms with Gasteiger partial charge in [0.05, 0.1) is 0 Å². The Morgan fingerprint density at radius 3 is 2.71 bits per heavy atom. The Kier molecular flexibility index (Phi) is 7.96. The quantitative estimate of drug-likeness (QED) is 0.467. The van der Waals surface area contributed by atoms with Crippen LogP contribution in [0.2, 0.25) is 0 Å². The van der Waals surface area contributed by atoms with Crippen molar-refractivity contribution in [3.63, 3.8) is 0 Å².